The number of carbonyl (C=O) groups excluding carboxylic acids is 1. The molecule has 0 aliphatic rings. The first kappa shape index (κ1) is 15.0. The van der Waals surface area contributed by atoms with Crippen LogP contribution in [0.5, 0.6) is 5.75 Å². The monoisotopic (exact) mass is 317 g/mol. The summed E-state index contributed by atoms with van der Waals surface area (Å²) in [6, 6.07) is 4.28. The predicted molar refractivity (Wildman–Crippen MR) is 72.9 cm³/mol. The van der Waals surface area contributed by atoms with E-state index in [1.165, 1.54) is 19.2 Å². The second kappa shape index (κ2) is 7.36. The fourth-order valence-corrected chi connectivity index (χ4v) is 1.89. The lowest BCUT2D eigenvalue weighted by molar-refractivity contribution is 0.0764. The van der Waals surface area contributed by atoms with Crippen molar-refractivity contribution in [3.8, 4) is 5.75 Å². The topological polar surface area (TPSA) is 29.5 Å². The van der Waals surface area contributed by atoms with E-state index in [1.807, 2.05) is 6.92 Å². The van der Waals surface area contributed by atoms with Crippen LogP contribution >= 0.6 is 15.9 Å². The Morgan fingerprint density at radius 1 is 1.50 bits per heavy atom. The van der Waals surface area contributed by atoms with E-state index in [0.29, 0.717) is 18.7 Å². The number of ether oxygens (including phenoxy) is 1. The lowest BCUT2D eigenvalue weighted by atomic mass is 10.1. The van der Waals surface area contributed by atoms with E-state index >= 15 is 0 Å². The van der Waals surface area contributed by atoms with E-state index < -0.39 is 5.82 Å². The van der Waals surface area contributed by atoms with Crippen molar-refractivity contribution in [2.24, 2.45) is 0 Å². The Morgan fingerprint density at radius 2 is 2.22 bits per heavy atom. The van der Waals surface area contributed by atoms with Crippen LogP contribution in [0.25, 0.3) is 0 Å². The van der Waals surface area contributed by atoms with Crippen LogP contribution in [0.15, 0.2) is 18.2 Å². The normalized spacial score (nSPS) is 10.2. The summed E-state index contributed by atoms with van der Waals surface area (Å²) in [4.78, 5) is 13.8. The number of hydrogen-bond acceptors (Lipinski definition) is 2. The molecule has 1 aromatic carbocycles. The smallest absolute Gasteiger partial charge is 0.253 e. The maximum absolute atomic E-state index is 13.5. The largest absolute Gasteiger partial charge is 0.494 e. The van der Waals surface area contributed by atoms with E-state index in [4.69, 9.17) is 4.74 Å². The second-order valence-corrected chi connectivity index (χ2v) is 4.57. The van der Waals surface area contributed by atoms with Gasteiger partial charge in [0.2, 0.25) is 0 Å². The lowest BCUT2D eigenvalue weighted by Gasteiger charge is -2.20. The van der Waals surface area contributed by atoms with Crippen molar-refractivity contribution in [1.29, 1.82) is 0 Å². The summed E-state index contributed by atoms with van der Waals surface area (Å²) in [6.07, 6.45) is 0.873. The van der Waals surface area contributed by atoms with Crippen LogP contribution in [0.4, 0.5) is 4.39 Å². The van der Waals surface area contributed by atoms with Crippen LogP contribution in [0.3, 0.4) is 0 Å². The molecule has 100 valence electrons. The maximum atomic E-state index is 13.5. The molecule has 0 unspecified atom stereocenters. The van der Waals surface area contributed by atoms with Crippen LogP contribution < -0.4 is 4.74 Å². The average Bonchev–Trinajstić information content (AvgIpc) is 2.39. The molecule has 0 atom stereocenters. The van der Waals surface area contributed by atoms with E-state index in [0.717, 1.165) is 11.8 Å². The Morgan fingerprint density at radius 3 is 2.72 bits per heavy atom. The van der Waals surface area contributed by atoms with Gasteiger partial charge >= 0.3 is 0 Å². The number of nitrogens with zero attached hydrogens (tertiary/aromatic N) is 1. The Labute approximate surface area is 115 Å². The lowest BCUT2D eigenvalue weighted by Crippen LogP contribution is -2.32. The number of amides is 1. The molecule has 1 aromatic rings. The van der Waals surface area contributed by atoms with Crippen LogP contribution in [0, 0.1) is 5.82 Å². The molecule has 0 radical (unpaired) electrons. The summed E-state index contributed by atoms with van der Waals surface area (Å²) < 4.78 is 18.4. The number of rotatable bonds is 6. The number of halogens is 2. The van der Waals surface area contributed by atoms with E-state index in [-0.39, 0.29) is 11.7 Å². The molecule has 0 aliphatic heterocycles. The summed E-state index contributed by atoms with van der Waals surface area (Å²) in [5, 5.41) is 0.841. The zero-order valence-corrected chi connectivity index (χ0v) is 12.2. The summed E-state index contributed by atoms with van der Waals surface area (Å²) in [5.41, 5.74) is 0.352. The zero-order chi connectivity index (χ0) is 13.5. The van der Waals surface area contributed by atoms with Gasteiger partial charge in [0, 0.05) is 24.0 Å². The van der Waals surface area contributed by atoms with Crippen molar-refractivity contribution in [1.82, 2.24) is 4.90 Å². The Kier molecular flexibility index (Phi) is 6.12. The van der Waals surface area contributed by atoms with Gasteiger partial charge < -0.3 is 9.64 Å². The van der Waals surface area contributed by atoms with Crippen molar-refractivity contribution in [3.05, 3.63) is 29.6 Å². The van der Waals surface area contributed by atoms with E-state index in [2.05, 4.69) is 15.9 Å². The van der Waals surface area contributed by atoms with Crippen molar-refractivity contribution in [2.75, 3.05) is 25.5 Å². The van der Waals surface area contributed by atoms with Gasteiger partial charge in [0.1, 0.15) is 0 Å². The molecule has 0 aromatic heterocycles. The number of carbonyl (C=O) groups is 1. The van der Waals surface area contributed by atoms with Gasteiger partial charge in [-0.15, -0.1) is 0 Å². The number of methoxy groups -OCH3 is 1. The summed E-state index contributed by atoms with van der Waals surface area (Å²) in [6.45, 7) is 3.18. The Hall–Kier alpha value is -1.10. The predicted octanol–water partition coefficient (Wildman–Crippen LogP) is 3.08. The summed E-state index contributed by atoms with van der Waals surface area (Å²) in [5.74, 6) is -0.519. The molecule has 0 spiro atoms. The van der Waals surface area contributed by atoms with Crippen molar-refractivity contribution < 1.29 is 13.9 Å². The first-order valence-corrected chi connectivity index (χ1v) is 6.95. The van der Waals surface area contributed by atoms with Gasteiger partial charge in [0.25, 0.3) is 5.91 Å². The fraction of sp³-hybridized carbons (Fsp3) is 0.462. The van der Waals surface area contributed by atoms with Gasteiger partial charge in [-0.3, -0.25) is 4.79 Å². The molecular weight excluding hydrogens is 301 g/mol. The van der Waals surface area contributed by atoms with Crippen molar-refractivity contribution >= 4 is 21.8 Å². The van der Waals surface area contributed by atoms with E-state index in [1.54, 1.807) is 11.0 Å². The highest BCUT2D eigenvalue weighted by molar-refractivity contribution is 9.09. The van der Waals surface area contributed by atoms with Gasteiger partial charge in [-0.25, -0.2) is 4.39 Å². The van der Waals surface area contributed by atoms with Gasteiger partial charge in [0.15, 0.2) is 11.6 Å². The molecule has 0 N–H and O–H groups in total. The third-order valence-electron chi connectivity index (χ3n) is 2.63. The van der Waals surface area contributed by atoms with Gasteiger partial charge in [-0.1, -0.05) is 15.9 Å². The second-order valence-electron chi connectivity index (χ2n) is 3.78. The molecule has 18 heavy (non-hydrogen) atoms. The molecule has 1 amide bonds. The molecule has 3 nitrogen and oxygen atoms in total. The molecule has 0 fully saturated rings. The minimum absolute atomic E-state index is 0.148. The van der Waals surface area contributed by atoms with Gasteiger partial charge in [-0.05, 0) is 31.5 Å². The van der Waals surface area contributed by atoms with Crippen LogP contribution in [-0.4, -0.2) is 36.3 Å². The first-order chi connectivity index (χ1) is 8.63. The van der Waals surface area contributed by atoms with Gasteiger partial charge in [-0.2, -0.15) is 0 Å². The van der Waals surface area contributed by atoms with Crippen LogP contribution in [-0.2, 0) is 0 Å². The van der Waals surface area contributed by atoms with Gasteiger partial charge in [0.05, 0.1) is 7.11 Å². The first-order valence-electron chi connectivity index (χ1n) is 5.82. The van der Waals surface area contributed by atoms with Crippen molar-refractivity contribution in [3.63, 3.8) is 0 Å². The molecule has 0 heterocycles. The molecule has 0 saturated heterocycles. The molecule has 0 bridgehead atoms. The van der Waals surface area contributed by atoms with Crippen LogP contribution in [0.1, 0.15) is 23.7 Å². The number of alkyl halides is 1. The fourth-order valence-electron chi connectivity index (χ4n) is 1.64. The summed E-state index contributed by atoms with van der Waals surface area (Å²) >= 11 is 3.33. The summed E-state index contributed by atoms with van der Waals surface area (Å²) in [7, 11) is 1.40. The number of hydrogen-bond donors (Lipinski definition) is 0. The molecule has 5 heteroatoms. The molecule has 0 saturated carbocycles. The standard InChI is InChI=1S/C13H17BrFNO2/c1-3-16(8-4-7-14)13(17)10-5-6-12(18-2)11(15)9-10/h5-6,9H,3-4,7-8H2,1-2H3. The number of benzene rings is 1. The van der Waals surface area contributed by atoms with Crippen LogP contribution in [0.2, 0.25) is 0 Å². The third-order valence-corrected chi connectivity index (χ3v) is 3.19. The Bertz CT molecular complexity index is 412. The molecule has 0 aliphatic carbocycles. The highest BCUT2D eigenvalue weighted by Crippen LogP contribution is 2.18. The quantitative estimate of drug-likeness (QED) is 0.755. The molecule has 1 rings (SSSR count). The highest BCUT2D eigenvalue weighted by Gasteiger charge is 2.15. The molecular formula is C13H17BrFNO2. The zero-order valence-electron chi connectivity index (χ0n) is 10.6. The Balaban J connectivity index is 2.84. The maximum Gasteiger partial charge on any atom is 0.253 e. The minimum Gasteiger partial charge on any atom is -0.494 e. The van der Waals surface area contributed by atoms with Crippen molar-refractivity contribution in [2.45, 2.75) is 13.3 Å². The average molecular weight is 318 g/mol. The SMILES string of the molecule is CCN(CCCBr)C(=O)c1ccc(OC)c(F)c1. The highest BCUT2D eigenvalue weighted by atomic mass is 79.9. The minimum atomic E-state index is -0.514. The van der Waals surface area contributed by atoms with E-state index in [9.17, 15) is 9.18 Å². The third kappa shape index (κ3) is 3.70.